The molecule has 0 atom stereocenters. The Bertz CT molecular complexity index is 1080. The first-order valence-corrected chi connectivity index (χ1v) is 9.77. The molecule has 7 nitrogen and oxygen atoms in total. The van der Waals surface area contributed by atoms with Crippen molar-refractivity contribution in [3.63, 3.8) is 0 Å². The van der Waals surface area contributed by atoms with Crippen molar-refractivity contribution in [1.29, 1.82) is 0 Å². The van der Waals surface area contributed by atoms with Gasteiger partial charge in [0.05, 0.1) is 11.5 Å². The molecule has 0 radical (unpaired) electrons. The third kappa shape index (κ3) is 4.44. The van der Waals surface area contributed by atoms with E-state index >= 15 is 0 Å². The Balaban J connectivity index is 2.01. The molecule has 3 aromatic rings. The van der Waals surface area contributed by atoms with Crippen LogP contribution in [0.2, 0.25) is 5.02 Å². The number of para-hydroxylation sites is 1. The summed E-state index contributed by atoms with van der Waals surface area (Å²) in [4.78, 5) is 35.8. The van der Waals surface area contributed by atoms with Crippen LogP contribution in [-0.4, -0.2) is 23.4 Å². The van der Waals surface area contributed by atoms with Crippen LogP contribution in [0.5, 0.6) is 0 Å². The molecule has 0 fully saturated rings. The lowest BCUT2D eigenvalue weighted by atomic mass is 10.0. The number of rotatable bonds is 6. The van der Waals surface area contributed by atoms with Crippen molar-refractivity contribution in [3.8, 4) is 11.1 Å². The largest absolute Gasteiger partial charge is 0.462 e. The summed E-state index contributed by atoms with van der Waals surface area (Å²) in [6.45, 7) is 1.84. The molecule has 1 heterocycles. The Hall–Kier alpha value is -3.23. The Morgan fingerprint density at radius 2 is 1.86 bits per heavy atom. The number of hydrogen-bond donors (Lipinski definition) is 1. The fourth-order valence-electron chi connectivity index (χ4n) is 2.69. The Labute approximate surface area is 175 Å². The predicted octanol–water partition coefficient (Wildman–Crippen LogP) is 5.41. The van der Waals surface area contributed by atoms with Crippen molar-refractivity contribution < 1.29 is 19.2 Å². The summed E-state index contributed by atoms with van der Waals surface area (Å²) in [5, 5.41) is 16.3. The molecule has 2 aromatic carbocycles. The van der Waals surface area contributed by atoms with Crippen LogP contribution in [0.4, 0.5) is 10.7 Å². The van der Waals surface area contributed by atoms with Crippen molar-refractivity contribution in [3.05, 3.63) is 80.2 Å². The normalized spacial score (nSPS) is 10.4. The van der Waals surface area contributed by atoms with Crippen LogP contribution >= 0.6 is 22.9 Å². The first kappa shape index (κ1) is 20.5. The minimum atomic E-state index is -0.688. The lowest BCUT2D eigenvalue weighted by Crippen LogP contribution is -2.16. The average Bonchev–Trinajstić information content (AvgIpc) is 3.12. The van der Waals surface area contributed by atoms with E-state index in [4.69, 9.17) is 16.3 Å². The van der Waals surface area contributed by atoms with Crippen molar-refractivity contribution in [2.24, 2.45) is 0 Å². The third-order valence-corrected chi connectivity index (χ3v) is 5.15. The molecule has 29 heavy (non-hydrogen) atoms. The van der Waals surface area contributed by atoms with Crippen LogP contribution < -0.4 is 5.32 Å². The van der Waals surface area contributed by atoms with Gasteiger partial charge < -0.3 is 10.1 Å². The highest BCUT2D eigenvalue weighted by Crippen LogP contribution is 2.37. The topological polar surface area (TPSA) is 98.5 Å². The second-order valence-electron chi connectivity index (χ2n) is 5.81. The summed E-state index contributed by atoms with van der Waals surface area (Å²) < 4.78 is 5.14. The van der Waals surface area contributed by atoms with Crippen LogP contribution in [0.25, 0.3) is 11.1 Å². The van der Waals surface area contributed by atoms with E-state index in [1.807, 2.05) is 0 Å². The number of nitro groups is 1. The zero-order valence-corrected chi connectivity index (χ0v) is 16.8. The minimum absolute atomic E-state index is 0.103. The maximum absolute atomic E-state index is 12.7. The zero-order chi connectivity index (χ0) is 21.0. The number of carbonyl (C=O) groups is 2. The van der Waals surface area contributed by atoms with Crippen LogP contribution in [0.15, 0.2) is 53.9 Å². The molecule has 9 heteroatoms. The maximum atomic E-state index is 12.7. The first-order valence-electron chi connectivity index (χ1n) is 8.51. The van der Waals surface area contributed by atoms with Gasteiger partial charge in [-0.15, -0.1) is 11.3 Å². The lowest BCUT2D eigenvalue weighted by molar-refractivity contribution is -0.385. The highest BCUT2D eigenvalue weighted by atomic mass is 35.5. The molecule has 1 amide bonds. The average molecular weight is 431 g/mol. The fourth-order valence-corrected chi connectivity index (χ4v) is 3.77. The van der Waals surface area contributed by atoms with Gasteiger partial charge in [0.25, 0.3) is 11.6 Å². The van der Waals surface area contributed by atoms with E-state index in [9.17, 15) is 19.7 Å². The molecule has 1 N–H and O–H groups in total. The summed E-state index contributed by atoms with van der Waals surface area (Å²) >= 11 is 7.06. The molecule has 3 rings (SSSR count). The smallest absolute Gasteiger partial charge is 0.341 e. The number of hydrogen-bond acceptors (Lipinski definition) is 6. The van der Waals surface area contributed by atoms with Crippen LogP contribution in [0.1, 0.15) is 27.6 Å². The Morgan fingerprint density at radius 1 is 1.17 bits per heavy atom. The van der Waals surface area contributed by atoms with Crippen molar-refractivity contribution in [2.75, 3.05) is 11.9 Å². The van der Waals surface area contributed by atoms with Gasteiger partial charge in [0.15, 0.2) is 0 Å². The molecule has 0 spiro atoms. The van der Waals surface area contributed by atoms with Crippen LogP contribution in [-0.2, 0) is 4.74 Å². The number of carbonyl (C=O) groups excluding carboxylic acids is 2. The van der Waals surface area contributed by atoms with Crippen molar-refractivity contribution in [2.45, 2.75) is 6.92 Å². The van der Waals surface area contributed by atoms with E-state index in [0.29, 0.717) is 10.6 Å². The molecule has 0 aliphatic carbocycles. The number of esters is 1. The summed E-state index contributed by atoms with van der Waals surface area (Å²) in [6, 6.07) is 12.5. The summed E-state index contributed by atoms with van der Waals surface area (Å²) in [5.74, 6) is -1.29. The molecule has 0 bridgehead atoms. The van der Waals surface area contributed by atoms with Gasteiger partial charge in [-0.25, -0.2) is 4.79 Å². The van der Waals surface area contributed by atoms with E-state index in [1.165, 1.54) is 24.3 Å². The van der Waals surface area contributed by atoms with Gasteiger partial charge in [-0.05, 0) is 30.7 Å². The number of thiophene rings is 1. The number of nitrogens with one attached hydrogen (secondary N) is 1. The minimum Gasteiger partial charge on any atom is -0.462 e. The van der Waals surface area contributed by atoms with Crippen LogP contribution in [0, 0.1) is 10.1 Å². The quantitative estimate of drug-likeness (QED) is 0.320. The van der Waals surface area contributed by atoms with Gasteiger partial charge in [0, 0.05) is 22.0 Å². The summed E-state index contributed by atoms with van der Waals surface area (Å²) in [7, 11) is 0. The van der Waals surface area contributed by atoms with Gasteiger partial charge in [0.2, 0.25) is 0 Å². The van der Waals surface area contributed by atoms with E-state index in [-0.39, 0.29) is 28.4 Å². The molecule has 0 aliphatic rings. The highest BCUT2D eigenvalue weighted by molar-refractivity contribution is 7.15. The molecule has 0 saturated heterocycles. The molecular weight excluding hydrogens is 416 g/mol. The van der Waals surface area contributed by atoms with Gasteiger partial charge in [-0.3, -0.25) is 14.9 Å². The number of benzene rings is 2. The van der Waals surface area contributed by atoms with E-state index < -0.39 is 16.8 Å². The molecule has 0 aliphatic heterocycles. The molecule has 0 unspecified atom stereocenters. The SMILES string of the molecule is CCOC(=O)c1c(-c2ccc(Cl)cc2)csc1NC(=O)c1ccccc1[N+](=O)[O-]. The van der Waals surface area contributed by atoms with Gasteiger partial charge in [-0.1, -0.05) is 35.9 Å². The molecular formula is C20H15ClN2O5S. The molecule has 1 aromatic heterocycles. The third-order valence-electron chi connectivity index (χ3n) is 4.00. The Kier molecular flexibility index (Phi) is 6.26. The Morgan fingerprint density at radius 3 is 2.52 bits per heavy atom. The maximum Gasteiger partial charge on any atom is 0.341 e. The second kappa shape index (κ2) is 8.85. The van der Waals surface area contributed by atoms with Gasteiger partial charge in [-0.2, -0.15) is 0 Å². The number of ether oxygens (including phenoxy) is 1. The predicted molar refractivity (Wildman–Crippen MR) is 112 cm³/mol. The van der Waals surface area contributed by atoms with Crippen molar-refractivity contribution in [1.82, 2.24) is 0 Å². The number of nitro benzene ring substituents is 1. The highest BCUT2D eigenvalue weighted by Gasteiger charge is 2.25. The number of halogens is 1. The van der Waals surface area contributed by atoms with Gasteiger partial charge >= 0.3 is 5.97 Å². The monoisotopic (exact) mass is 430 g/mol. The van der Waals surface area contributed by atoms with E-state index in [0.717, 1.165) is 16.9 Å². The zero-order valence-electron chi connectivity index (χ0n) is 15.2. The number of amides is 1. The first-order chi connectivity index (χ1) is 13.9. The van der Waals surface area contributed by atoms with Crippen molar-refractivity contribution >= 4 is 45.5 Å². The molecule has 0 saturated carbocycles. The number of anilines is 1. The summed E-state index contributed by atoms with van der Waals surface area (Å²) in [5.41, 5.74) is 1.06. The van der Waals surface area contributed by atoms with Crippen LogP contribution in [0.3, 0.4) is 0 Å². The van der Waals surface area contributed by atoms with E-state index in [1.54, 1.807) is 36.6 Å². The van der Waals surface area contributed by atoms with Gasteiger partial charge in [0.1, 0.15) is 16.1 Å². The second-order valence-corrected chi connectivity index (χ2v) is 7.13. The molecule has 148 valence electrons. The summed E-state index contributed by atoms with van der Waals surface area (Å²) in [6.07, 6.45) is 0. The fraction of sp³-hybridized carbons (Fsp3) is 0.100. The lowest BCUT2D eigenvalue weighted by Gasteiger charge is -2.09. The van der Waals surface area contributed by atoms with E-state index in [2.05, 4.69) is 5.32 Å². The number of nitrogens with zero attached hydrogens (tertiary/aromatic N) is 1. The standard InChI is InChI=1S/C20H15ClN2O5S/c1-2-28-20(25)17-15(12-7-9-13(21)10-8-12)11-29-19(17)22-18(24)14-5-3-4-6-16(14)23(26)27/h3-11H,2H2,1H3,(H,22,24).